The highest BCUT2D eigenvalue weighted by Gasteiger charge is 2.49. The van der Waals surface area contributed by atoms with Crippen LogP contribution < -0.4 is 0 Å². The van der Waals surface area contributed by atoms with Crippen molar-refractivity contribution >= 4 is 11.6 Å². The van der Waals surface area contributed by atoms with Crippen LogP contribution in [0.1, 0.15) is 39.5 Å². The summed E-state index contributed by atoms with van der Waals surface area (Å²) in [5.41, 5.74) is 0.193. The van der Waals surface area contributed by atoms with Gasteiger partial charge in [-0.1, -0.05) is 0 Å². The van der Waals surface area contributed by atoms with E-state index < -0.39 is 0 Å². The molecule has 2 unspecified atom stereocenters. The molecule has 2 heterocycles. The van der Waals surface area contributed by atoms with E-state index in [1.807, 2.05) is 0 Å². The van der Waals surface area contributed by atoms with Gasteiger partial charge in [0, 0.05) is 5.38 Å². The second-order valence-corrected chi connectivity index (χ2v) is 5.12. The quantitative estimate of drug-likeness (QED) is 0.514. The van der Waals surface area contributed by atoms with E-state index in [2.05, 4.69) is 13.8 Å². The Bertz CT molecular complexity index is 164. The fraction of sp³-hybridized carbons (Fsp3) is 1.00. The second kappa shape index (κ2) is 2.14. The summed E-state index contributed by atoms with van der Waals surface area (Å²) in [4.78, 5) is 0. The summed E-state index contributed by atoms with van der Waals surface area (Å²) in [6.07, 6.45) is 4.44. The number of halogens is 1. The minimum Gasteiger partial charge on any atom is -0.369 e. The van der Waals surface area contributed by atoms with Crippen LogP contribution in [-0.2, 0) is 4.74 Å². The third-order valence-corrected chi connectivity index (χ3v) is 3.29. The molecule has 0 aromatic carbocycles. The lowest BCUT2D eigenvalue weighted by atomic mass is 9.95. The first-order valence-corrected chi connectivity index (χ1v) is 4.79. The molecule has 0 radical (unpaired) electrons. The van der Waals surface area contributed by atoms with E-state index in [1.165, 1.54) is 12.8 Å². The van der Waals surface area contributed by atoms with Crippen molar-refractivity contribution in [3.8, 4) is 0 Å². The third-order valence-electron chi connectivity index (χ3n) is 2.98. The van der Waals surface area contributed by atoms with E-state index in [-0.39, 0.29) is 11.2 Å². The highest BCUT2D eigenvalue weighted by Crippen LogP contribution is 2.48. The molecule has 2 heteroatoms. The van der Waals surface area contributed by atoms with E-state index in [9.17, 15) is 0 Å². The fourth-order valence-corrected chi connectivity index (χ4v) is 3.18. The zero-order valence-electron chi connectivity index (χ0n) is 7.19. The maximum Gasteiger partial charge on any atom is 0.0677 e. The molecule has 0 spiro atoms. The van der Waals surface area contributed by atoms with Crippen molar-refractivity contribution in [3.63, 3.8) is 0 Å². The smallest absolute Gasteiger partial charge is 0.0677 e. The number of fused-ring (bicyclic) bond motifs is 2. The van der Waals surface area contributed by atoms with E-state index in [4.69, 9.17) is 16.3 Å². The maximum atomic E-state index is 6.15. The Labute approximate surface area is 73.1 Å². The Balaban J connectivity index is 2.21. The molecule has 11 heavy (non-hydrogen) atoms. The van der Waals surface area contributed by atoms with Crippen LogP contribution in [0.3, 0.4) is 0 Å². The van der Waals surface area contributed by atoms with Crippen LogP contribution in [0.4, 0.5) is 0 Å². The van der Waals surface area contributed by atoms with E-state index in [0.29, 0.717) is 5.38 Å². The van der Waals surface area contributed by atoms with Gasteiger partial charge in [-0.25, -0.2) is 0 Å². The monoisotopic (exact) mass is 174 g/mol. The Morgan fingerprint density at radius 1 is 1.18 bits per heavy atom. The normalized spacial score (nSPS) is 56.5. The molecule has 0 aliphatic carbocycles. The molecule has 2 aliphatic rings. The van der Waals surface area contributed by atoms with Crippen molar-refractivity contribution in [2.24, 2.45) is 0 Å². The van der Waals surface area contributed by atoms with Gasteiger partial charge in [0.25, 0.3) is 0 Å². The Morgan fingerprint density at radius 2 is 1.64 bits per heavy atom. The first-order valence-electron chi connectivity index (χ1n) is 4.36. The van der Waals surface area contributed by atoms with Gasteiger partial charge in [0.05, 0.1) is 11.2 Å². The second-order valence-electron chi connectivity index (χ2n) is 4.51. The average molecular weight is 175 g/mol. The molecule has 0 amide bonds. The average Bonchev–Trinajstić information content (AvgIpc) is 2.01. The minimum atomic E-state index is 0.0966. The summed E-state index contributed by atoms with van der Waals surface area (Å²) in [5.74, 6) is 0. The lowest BCUT2D eigenvalue weighted by molar-refractivity contribution is -0.118. The Hall–Kier alpha value is 0.250. The molecule has 2 saturated heterocycles. The highest BCUT2D eigenvalue weighted by molar-refractivity contribution is 6.20. The molecule has 2 rings (SSSR count). The minimum absolute atomic E-state index is 0.0966. The zero-order valence-corrected chi connectivity index (χ0v) is 7.95. The molecule has 0 saturated carbocycles. The van der Waals surface area contributed by atoms with Crippen molar-refractivity contribution < 1.29 is 4.74 Å². The van der Waals surface area contributed by atoms with Crippen molar-refractivity contribution in [1.82, 2.24) is 0 Å². The predicted molar refractivity (Wildman–Crippen MR) is 46.0 cm³/mol. The van der Waals surface area contributed by atoms with Crippen molar-refractivity contribution in [3.05, 3.63) is 0 Å². The van der Waals surface area contributed by atoms with Gasteiger partial charge in [-0.2, -0.15) is 0 Å². The molecule has 0 aromatic rings. The lowest BCUT2D eigenvalue weighted by Gasteiger charge is -2.38. The third kappa shape index (κ3) is 1.29. The standard InChI is InChI=1S/C9H15ClO/c1-8-3-4-9(2,11-8)6-7(10)5-8/h7H,3-6H2,1-2H3. The molecule has 0 aromatic heterocycles. The van der Waals surface area contributed by atoms with Crippen LogP contribution in [0.15, 0.2) is 0 Å². The molecule has 0 N–H and O–H groups in total. The van der Waals surface area contributed by atoms with Gasteiger partial charge in [0.15, 0.2) is 0 Å². The Morgan fingerprint density at radius 3 is 2.09 bits per heavy atom. The first-order chi connectivity index (χ1) is 5.02. The van der Waals surface area contributed by atoms with Gasteiger partial charge in [0.2, 0.25) is 0 Å². The number of ether oxygens (including phenoxy) is 1. The van der Waals surface area contributed by atoms with Crippen molar-refractivity contribution in [2.75, 3.05) is 0 Å². The van der Waals surface area contributed by atoms with E-state index in [1.54, 1.807) is 0 Å². The van der Waals surface area contributed by atoms with Gasteiger partial charge in [-0.3, -0.25) is 0 Å². The molecule has 2 bridgehead atoms. The van der Waals surface area contributed by atoms with Crippen LogP contribution in [0.5, 0.6) is 0 Å². The fourth-order valence-electron chi connectivity index (χ4n) is 2.52. The molecule has 2 aliphatic heterocycles. The molecular weight excluding hydrogens is 160 g/mol. The lowest BCUT2D eigenvalue weighted by Crippen LogP contribution is -2.41. The number of hydrogen-bond acceptors (Lipinski definition) is 1. The molecule has 1 nitrogen and oxygen atoms in total. The van der Waals surface area contributed by atoms with Crippen molar-refractivity contribution in [2.45, 2.75) is 56.1 Å². The zero-order chi connectivity index (χ0) is 8.11. The van der Waals surface area contributed by atoms with E-state index in [0.717, 1.165) is 12.8 Å². The van der Waals surface area contributed by atoms with Gasteiger partial charge in [-0.05, 0) is 39.5 Å². The number of rotatable bonds is 0. The summed E-state index contributed by atoms with van der Waals surface area (Å²) in [6, 6.07) is 0. The first kappa shape index (κ1) is 7.88. The van der Waals surface area contributed by atoms with Crippen LogP contribution in [0, 0.1) is 0 Å². The van der Waals surface area contributed by atoms with Gasteiger partial charge < -0.3 is 4.74 Å². The van der Waals surface area contributed by atoms with Crippen LogP contribution >= 0.6 is 11.6 Å². The van der Waals surface area contributed by atoms with Crippen LogP contribution in [-0.4, -0.2) is 16.6 Å². The topological polar surface area (TPSA) is 9.23 Å². The SMILES string of the molecule is CC12CCC(C)(CC(Cl)C1)O2. The number of hydrogen-bond donors (Lipinski definition) is 0. The number of alkyl halides is 1. The maximum absolute atomic E-state index is 6.15. The molecular formula is C9H15ClO. The summed E-state index contributed by atoms with van der Waals surface area (Å²) in [7, 11) is 0. The van der Waals surface area contributed by atoms with Gasteiger partial charge >= 0.3 is 0 Å². The largest absolute Gasteiger partial charge is 0.369 e. The highest BCUT2D eigenvalue weighted by atomic mass is 35.5. The molecule has 2 atom stereocenters. The van der Waals surface area contributed by atoms with Crippen LogP contribution in [0.25, 0.3) is 0 Å². The summed E-state index contributed by atoms with van der Waals surface area (Å²) in [6.45, 7) is 4.37. The van der Waals surface area contributed by atoms with Crippen molar-refractivity contribution in [1.29, 1.82) is 0 Å². The van der Waals surface area contributed by atoms with Crippen LogP contribution in [0.2, 0.25) is 0 Å². The predicted octanol–water partition coefficient (Wildman–Crippen LogP) is 2.72. The van der Waals surface area contributed by atoms with Gasteiger partial charge in [-0.15, -0.1) is 11.6 Å². The summed E-state index contributed by atoms with van der Waals surface area (Å²) in [5, 5.41) is 0.334. The molecule has 64 valence electrons. The summed E-state index contributed by atoms with van der Waals surface area (Å²) < 4.78 is 5.96. The van der Waals surface area contributed by atoms with E-state index >= 15 is 0 Å². The summed E-state index contributed by atoms with van der Waals surface area (Å²) >= 11 is 6.15. The molecule has 2 fully saturated rings. The van der Waals surface area contributed by atoms with Gasteiger partial charge in [0.1, 0.15) is 0 Å². The Kier molecular flexibility index (Phi) is 1.53.